The topological polar surface area (TPSA) is 108 Å². The summed E-state index contributed by atoms with van der Waals surface area (Å²) >= 11 is 0. The van der Waals surface area contributed by atoms with Gasteiger partial charge in [-0.1, -0.05) is 12.1 Å². The number of carbonyl (C=O) groups is 1. The quantitative estimate of drug-likeness (QED) is 0.541. The summed E-state index contributed by atoms with van der Waals surface area (Å²) in [5, 5.41) is 0. The van der Waals surface area contributed by atoms with Crippen molar-refractivity contribution < 1.29 is 9.53 Å². The zero-order valence-electron chi connectivity index (χ0n) is 17.5. The van der Waals surface area contributed by atoms with Gasteiger partial charge in [0.25, 0.3) is 0 Å². The highest BCUT2D eigenvalue weighted by Gasteiger charge is 2.50. The number of hydrogen-bond acceptors (Lipinski definition) is 6. The summed E-state index contributed by atoms with van der Waals surface area (Å²) in [6.45, 7) is 6.49. The van der Waals surface area contributed by atoms with Gasteiger partial charge in [0.15, 0.2) is 5.54 Å². The molecular weight excluding hydrogens is 364 g/mol. The third kappa shape index (κ3) is 4.48. The van der Waals surface area contributed by atoms with Crippen molar-refractivity contribution in [2.24, 2.45) is 5.73 Å². The minimum absolute atomic E-state index is 0.164. The first kappa shape index (κ1) is 21.0. The van der Waals surface area contributed by atoms with Gasteiger partial charge in [-0.2, -0.15) is 0 Å². The maximum atomic E-state index is 13.5. The monoisotopic (exact) mass is 396 g/mol. The highest BCUT2D eigenvalue weighted by atomic mass is 16.6. The third-order valence-electron chi connectivity index (χ3n) is 5.53. The number of esters is 1. The number of nitrogen functional groups attached to an aromatic ring is 2. The lowest BCUT2D eigenvalue weighted by atomic mass is 9.76. The molecule has 1 saturated heterocycles. The van der Waals surface area contributed by atoms with Gasteiger partial charge in [-0.15, -0.1) is 0 Å². The summed E-state index contributed by atoms with van der Waals surface area (Å²) < 4.78 is 5.84. The first-order chi connectivity index (χ1) is 13.6. The number of ether oxygens (including phenoxy) is 1. The molecule has 0 saturated carbocycles. The van der Waals surface area contributed by atoms with Gasteiger partial charge in [0.2, 0.25) is 0 Å². The van der Waals surface area contributed by atoms with Crippen LogP contribution in [-0.4, -0.2) is 30.2 Å². The van der Waals surface area contributed by atoms with Gasteiger partial charge in [0.1, 0.15) is 5.60 Å². The second-order valence-electron chi connectivity index (χ2n) is 8.84. The fourth-order valence-corrected chi connectivity index (χ4v) is 4.05. The van der Waals surface area contributed by atoms with E-state index in [0.717, 1.165) is 23.4 Å². The maximum absolute atomic E-state index is 13.5. The van der Waals surface area contributed by atoms with Crippen molar-refractivity contribution >= 4 is 23.0 Å². The van der Waals surface area contributed by atoms with Crippen molar-refractivity contribution in [3.05, 3.63) is 54.1 Å². The van der Waals surface area contributed by atoms with Crippen LogP contribution in [0.15, 0.2) is 48.5 Å². The number of hydrogen-bond donors (Lipinski definition) is 3. The molecule has 0 spiro atoms. The fourth-order valence-electron chi connectivity index (χ4n) is 4.05. The van der Waals surface area contributed by atoms with E-state index >= 15 is 0 Å². The summed E-state index contributed by atoms with van der Waals surface area (Å²) in [5.74, 6) is -0.0961. The van der Waals surface area contributed by atoms with Crippen molar-refractivity contribution in [2.75, 3.05) is 29.5 Å². The average Bonchev–Trinajstić information content (AvgIpc) is 2.67. The first-order valence-corrected chi connectivity index (χ1v) is 10.1. The van der Waals surface area contributed by atoms with Crippen LogP contribution in [-0.2, 0) is 9.53 Å². The van der Waals surface area contributed by atoms with Crippen molar-refractivity contribution in [1.82, 2.24) is 0 Å². The molecule has 6 N–H and O–H groups in total. The largest absolute Gasteiger partial charge is 0.458 e. The van der Waals surface area contributed by atoms with Gasteiger partial charge in [0, 0.05) is 30.2 Å². The van der Waals surface area contributed by atoms with E-state index in [1.807, 2.05) is 69.3 Å². The highest BCUT2D eigenvalue weighted by molar-refractivity contribution is 5.87. The van der Waals surface area contributed by atoms with Crippen LogP contribution in [0.2, 0.25) is 0 Å². The summed E-state index contributed by atoms with van der Waals surface area (Å²) in [6.07, 6.45) is 1.48. The van der Waals surface area contributed by atoms with Crippen molar-refractivity contribution in [3.8, 4) is 0 Å². The van der Waals surface area contributed by atoms with Gasteiger partial charge in [-0.05, 0) is 81.5 Å². The molecule has 1 fully saturated rings. The molecule has 0 amide bonds. The number of piperidine rings is 1. The van der Waals surface area contributed by atoms with Crippen LogP contribution < -0.4 is 22.1 Å². The predicted molar refractivity (Wildman–Crippen MR) is 119 cm³/mol. The molecule has 0 aromatic heterocycles. The van der Waals surface area contributed by atoms with Gasteiger partial charge >= 0.3 is 5.97 Å². The Morgan fingerprint density at radius 3 is 2.14 bits per heavy atom. The van der Waals surface area contributed by atoms with E-state index in [9.17, 15) is 4.79 Å². The molecule has 29 heavy (non-hydrogen) atoms. The predicted octanol–water partition coefficient (Wildman–Crippen LogP) is 3.27. The first-order valence-electron chi connectivity index (χ1n) is 10.1. The Hall–Kier alpha value is -2.73. The van der Waals surface area contributed by atoms with Crippen LogP contribution in [0, 0.1) is 0 Å². The van der Waals surface area contributed by atoms with Gasteiger partial charge < -0.3 is 26.8 Å². The molecule has 2 unspecified atom stereocenters. The lowest BCUT2D eigenvalue weighted by Crippen LogP contribution is -2.64. The van der Waals surface area contributed by atoms with Crippen molar-refractivity contribution in [1.29, 1.82) is 0 Å². The molecule has 3 rings (SSSR count). The van der Waals surface area contributed by atoms with Crippen LogP contribution in [0.5, 0.6) is 0 Å². The summed E-state index contributed by atoms with van der Waals surface area (Å²) in [4.78, 5) is 15.6. The molecule has 156 valence electrons. The van der Waals surface area contributed by atoms with E-state index in [-0.39, 0.29) is 18.4 Å². The van der Waals surface area contributed by atoms with Gasteiger partial charge in [-0.3, -0.25) is 0 Å². The summed E-state index contributed by atoms with van der Waals surface area (Å²) in [6, 6.07) is 15.4. The van der Waals surface area contributed by atoms with E-state index in [1.165, 1.54) is 0 Å². The van der Waals surface area contributed by atoms with E-state index < -0.39 is 11.1 Å². The minimum Gasteiger partial charge on any atom is -0.458 e. The Morgan fingerprint density at radius 2 is 1.62 bits per heavy atom. The molecule has 0 bridgehead atoms. The van der Waals surface area contributed by atoms with Crippen molar-refractivity contribution in [3.63, 3.8) is 0 Å². The molecule has 2 atom stereocenters. The number of nitrogens with zero attached hydrogens (tertiary/aromatic N) is 1. The van der Waals surface area contributed by atoms with Crippen LogP contribution >= 0.6 is 0 Å². The lowest BCUT2D eigenvalue weighted by molar-refractivity contribution is -0.162. The Morgan fingerprint density at radius 1 is 1.07 bits per heavy atom. The number of anilines is 3. The van der Waals surface area contributed by atoms with Gasteiger partial charge in [0.05, 0.1) is 0 Å². The fraction of sp³-hybridized carbons (Fsp3) is 0.435. The van der Waals surface area contributed by atoms with E-state index in [1.54, 1.807) is 0 Å². The standard InChI is InChI=1S/C23H32N4O2/c1-22(2,3)29-21(28)23(15-24)14-17(16-4-6-18(25)7-5-16)12-13-27(23)20-10-8-19(26)9-11-20/h4-11,17H,12-15,24-26H2,1-3H3. The molecular formula is C23H32N4O2. The van der Waals surface area contributed by atoms with Crippen LogP contribution in [0.4, 0.5) is 17.1 Å². The normalized spacial score (nSPS) is 22.3. The van der Waals surface area contributed by atoms with Gasteiger partial charge in [-0.25, -0.2) is 4.79 Å². The Balaban J connectivity index is 2.00. The number of rotatable bonds is 4. The number of benzene rings is 2. The van der Waals surface area contributed by atoms with Crippen LogP contribution in [0.3, 0.4) is 0 Å². The Bertz CT molecular complexity index is 843. The summed E-state index contributed by atoms with van der Waals surface area (Å²) in [5.41, 5.74) is 20.0. The van der Waals surface area contributed by atoms with Crippen LogP contribution in [0.25, 0.3) is 0 Å². The molecule has 2 aromatic carbocycles. The maximum Gasteiger partial charge on any atom is 0.333 e. The second kappa shape index (κ2) is 7.95. The highest BCUT2D eigenvalue weighted by Crippen LogP contribution is 2.41. The van der Waals surface area contributed by atoms with Crippen molar-refractivity contribution in [2.45, 2.75) is 50.7 Å². The number of nitrogens with two attached hydrogens (primary N) is 3. The van der Waals surface area contributed by atoms with E-state index in [4.69, 9.17) is 21.9 Å². The molecule has 1 aliphatic heterocycles. The molecule has 1 heterocycles. The average molecular weight is 397 g/mol. The Labute approximate surface area is 173 Å². The lowest BCUT2D eigenvalue weighted by Gasteiger charge is -2.49. The molecule has 6 nitrogen and oxygen atoms in total. The zero-order chi connectivity index (χ0) is 21.2. The van der Waals surface area contributed by atoms with E-state index in [0.29, 0.717) is 18.7 Å². The number of carbonyl (C=O) groups excluding carboxylic acids is 1. The minimum atomic E-state index is -0.951. The second-order valence-corrected chi connectivity index (χ2v) is 8.84. The molecule has 6 heteroatoms. The molecule has 0 radical (unpaired) electrons. The van der Waals surface area contributed by atoms with Crippen LogP contribution in [0.1, 0.15) is 45.1 Å². The Kier molecular flexibility index (Phi) is 5.75. The third-order valence-corrected chi connectivity index (χ3v) is 5.53. The smallest absolute Gasteiger partial charge is 0.333 e. The summed E-state index contributed by atoms with van der Waals surface area (Å²) in [7, 11) is 0. The van der Waals surface area contributed by atoms with E-state index in [2.05, 4.69) is 4.90 Å². The molecule has 1 aliphatic rings. The SMILES string of the molecule is CC(C)(C)OC(=O)C1(CN)CC(c2ccc(N)cc2)CCN1c1ccc(N)cc1. The molecule has 0 aliphatic carbocycles. The molecule has 2 aromatic rings. The zero-order valence-corrected chi connectivity index (χ0v) is 17.5.